The Morgan fingerprint density at radius 3 is 2.42 bits per heavy atom. The molecular formula is C14H10Br2N2O5S. The summed E-state index contributed by atoms with van der Waals surface area (Å²) in [5.41, 5.74) is 0.180. The molecule has 0 spiro atoms. The number of carbonyl (C=O) groups is 2. The number of nitrogens with one attached hydrogen (secondary N) is 1. The predicted octanol–water partition coefficient (Wildman–Crippen LogP) is 4.29. The van der Waals surface area contributed by atoms with Gasteiger partial charge in [0.15, 0.2) is 6.61 Å². The van der Waals surface area contributed by atoms with Gasteiger partial charge in [0, 0.05) is 26.0 Å². The summed E-state index contributed by atoms with van der Waals surface area (Å²) in [7, 11) is 0. The molecule has 0 saturated carbocycles. The zero-order valence-corrected chi connectivity index (χ0v) is 16.2. The van der Waals surface area contributed by atoms with Crippen LogP contribution < -0.4 is 5.32 Å². The maximum Gasteiger partial charge on any atom is 0.348 e. The minimum Gasteiger partial charge on any atom is -0.451 e. The summed E-state index contributed by atoms with van der Waals surface area (Å²) < 4.78 is 5.60. The molecule has 0 unspecified atom stereocenters. The molecular weight excluding hydrogens is 468 g/mol. The Balaban J connectivity index is 2.00. The monoisotopic (exact) mass is 476 g/mol. The van der Waals surface area contributed by atoms with E-state index in [0.29, 0.717) is 19.5 Å². The molecule has 1 aromatic heterocycles. The molecule has 2 rings (SSSR count). The third kappa shape index (κ3) is 4.62. The van der Waals surface area contributed by atoms with Crippen molar-refractivity contribution in [3.63, 3.8) is 0 Å². The number of nitro groups is 1. The zero-order valence-electron chi connectivity index (χ0n) is 12.2. The van der Waals surface area contributed by atoms with E-state index in [-0.39, 0.29) is 5.69 Å². The Kier molecular flexibility index (Phi) is 6.08. The van der Waals surface area contributed by atoms with Crippen LogP contribution in [-0.2, 0) is 9.53 Å². The normalized spacial score (nSPS) is 10.3. The zero-order chi connectivity index (χ0) is 17.9. The van der Waals surface area contributed by atoms with Gasteiger partial charge >= 0.3 is 5.97 Å². The van der Waals surface area contributed by atoms with E-state index < -0.39 is 23.4 Å². The van der Waals surface area contributed by atoms with E-state index in [1.165, 1.54) is 23.5 Å². The quantitative estimate of drug-likeness (QED) is 0.393. The molecule has 0 aliphatic carbocycles. The van der Waals surface area contributed by atoms with Gasteiger partial charge in [-0.1, -0.05) is 0 Å². The van der Waals surface area contributed by atoms with Gasteiger partial charge in [-0.15, -0.1) is 11.3 Å². The Bertz CT molecular complexity index is 798. The molecule has 0 aliphatic heterocycles. The number of ether oxygens (including phenoxy) is 1. The van der Waals surface area contributed by atoms with Crippen molar-refractivity contribution < 1.29 is 19.2 Å². The van der Waals surface area contributed by atoms with Gasteiger partial charge in [-0.25, -0.2) is 4.79 Å². The van der Waals surface area contributed by atoms with E-state index >= 15 is 0 Å². The van der Waals surface area contributed by atoms with Crippen molar-refractivity contribution in [1.82, 2.24) is 0 Å². The van der Waals surface area contributed by atoms with Crippen LogP contribution in [0.4, 0.5) is 11.4 Å². The Morgan fingerprint density at radius 2 is 1.92 bits per heavy atom. The number of thiophene rings is 1. The van der Waals surface area contributed by atoms with Crippen molar-refractivity contribution >= 4 is 66.4 Å². The fraction of sp³-hybridized carbons (Fsp3) is 0.143. The minimum atomic E-state index is -0.579. The number of aryl methyl sites for hydroxylation is 1. The summed E-state index contributed by atoms with van der Waals surface area (Å²) in [6.45, 7) is 1.39. The molecule has 0 atom stereocenters. The third-order valence-corrected chi connectivity index (χ3v) is 5.01. The average molecular weight is 478 g/mol. The van der Waals surface area contributed by atoms with E-state index in [1.54, 1.807) is 12.1 Å². The highest BCUT2D eigenvalue weighted by Crippen LogP contribution is 2.35. The van der Waals surface area contributed by atoms with Crippen LogP contribution in [0.15, 0.2) is 33.2 Å². The number of halogens is 2. The molecule has 1 N–H and O–H groups in total. The van der Waals surface area contributed by atoms with Gasteiger partial charge in [0.1, 0.15) is 4.88 Å². The minimum absolute atomic E-state index is 0.133. The first kappa shape index (κ1) is 18.6. The van der Waals surface area contributed by atoms with Gasteiger partial charge < -0.3 is 10.1 Å². The van der Waals surface area contributed by atoms with Gasteiger partial charge in [-0.05, 0) is 50.9 Å². The molecule has 0 bridgehead atoms. The Hall–Kier alpha value is -1.78. The number of nitrogens with zero attached hydrogens (tertiary/aromatic N) is 1. The summed E-state index contributed by atoms with van der Waals surface area (Å²) in [6.07, 6.45) is 0. The highest BCUT2D eigenvalue weighted by Gasteiger charge is 2.17. The summed E-state index contributed by atoms with van der Waals surface area (Å²) in [6, 6.07) is 5.94. The molecule has 7 nitrogen and oxygen atoms in total. The van der Waals surface area contributed by atoms with Gasteiger partial charge in [-0.3, -0.25) is 14.9 Å². The van der Waals surface area contributed by atoms with Crippen molar-refractivity contribution in [2.45, 2.75) is 6.92 Å². The molecule has 10 heteroatoms. The number of benzene rings is 1. The molecule has 2 aromatic rings. The third-order valence-electron chi connectivity index (χ3n) is 2.78. The summed E-state index contributed by atoms with van der Waals surface area (Å²) in [5, 5.41) is 13.3. The van der Waals surface area contributed by atoms with E-state index in [9.17, 15) is 19.7 Å². The van der Waals surface area contributed by atoms with Gasteiger partial charge in [0.2, 0.25) is 0 Å². The molecule has 0 saturated heterocycles. The van der Waals surface area contributed by atoms with E-state index in [1.807, 2.05) is 6.92 Å². The molecule has 1 aromatic carbocycles. The van der Waals surface area contributed by atoms with Crippen LogP contribution in [-0.4, -0.2) is 23.4 Å². The SMILES string of the molecule is Cc1ccc(C(=O)OCC(=O)Nc2c(Br)cc([N+](=O)[O-])cc2Br)s1. The maximum absolute atomic E-state index is 11.9. The lowest BCUT2D eigenvalue weighted by molar-refractivity contribution is -0.385. The van der Waals surface area contributed by atoms with Crippen LogP contribution in [0.1, 0.15) is 14.5 Å². The van der Waals surface area contributed by atoms with Crippen LogP contribution in [0.5, 0.6) is 0 Å². The first-order valence-corrected chi connectivity index (χ1v) is 8.85. The second-order valence-electron chi connectivity index (χ2n) is 4.58. The lowest BCUT2D eigenvalue weighted by atomic mass is 10.3. The number of amides is 1. The Morgan fingerprint density at radius 1 is 1.29 bits per heavy atom. The molecule has 0 fully saturated rings. The fourth-order valence-electron chi connectivity index (χ4n) is 1.71. The second kappa shape index (κ2) is 7.86. The highest BCUT2D eigenvalue weighted by molar-refractivity contribution is 9.11. The topological polar surface area (TPSA) is 98.5 Å². The lowest BCUT2D eigenvalue weighted by Crippen LogP contribution is -2.21. The van der Waals surface area contributed by atoms with Crippen LogP contribution in [0.3, 0.4) is 0 Å². The number of anilines is 1. The highest BCUT2D eigenvalue weighted by atomic mass is 79.9. The van der Waals surface area contributed by atoms with Crippen LogP contribution in [0.2, 0.25) is 0 Å². The average Bonchev–Trinajstić information content (AvgIpc) is 2.94. The standard InChI is InChI=1S/C14H10Br2N2O5S/c1-7-2-3-11(24-7)14(20)23-6-12(19)17-13-9(15)4-8(18(21)22)5-10(13)16/h2-5H,6H2,1H3,(H,17,19). The largest absolute Gasteiger partial charge is 0.451 e. The van der Waals surface area contributed by atoms with E-state index in [0.717, 1.165) is 4.88 Å². The van der Waals surface area contributed by atoms with Crippen molar-refractivity contribution in [2.24, 2.45) is 0 Å². The first-order chi connectivity index (χ1) is 11.3. The number of nitro benzene ring substituents is 1. The molecule has 0 radical (unpaired) electrons. The Labute approximate surface area is 157 Å². The van der Waals surface area contributed by atoms with Crippen LogP contribution >= 0.6 is 43.2 Å². The molecule has 1 amide bonds. The number of carbonyl (C=O) groups excluding carboxylic acids is 2. The fourth-order valence-corrected chi connectivity index (χ4v) is 3.83. The number of hydrogen-bond donors (Lipinski definition) is 1. The summed E-state index contributed by atoms with van der Waals surface area (Å²) in [4.78, 5) is 35.3. The van der Waals surface area contributed by atoms with Gasteiger partial charge in [-0.2, -0.15) is 0 Å². The second-order valence-corrected chi connectivity index (χ2v) is 7.57. The molecule has 126 valence electrons. The number of hydrogen-bond acceptors (Lipinski definition) is 6. The van der Waals surface area contributed by atoms with Gasteiger partial charge in [0.05, 0.1) is 10.6 Å². The van der Waals surface area contributed by atoms with Crippen LogP contribution in [0, 0.1) is 17.0 Å². The number of esters is 1. The first-order valence-electron chi connectivity index (χ1n) is 6.44. The van der Waals surface area contributed by atoms with Crippen molar-refractivity contribution in [3.8, 4) is 0 Å². The van der Waals surface area contributed by atoms with E-state index in [2.05, 4.69) is 37.2 Å². The number of rotatable bonds is 5. The van der Waals surface area contributed by atoms with Crippen LogP contribution in [0.25, 0.3) is 0 Å². The maximum atomic E-state index is 11.9. The lowest BCUT2D eigenvalue weighted by Gasteiger charge is -2.10. The van der Waals surface area contributed by atoms with Crippen molar-refractivity contribution in [2.75, 3.05) is 11.9 Å². The van der Waals surface area contributed by atoms with Crippen molar-refractivity contribution in [3.05, 3.63) is 53.1 Å². The summed E-state index contributed by atoms with van der Waals surface area (Å²) >= 11 is 7.59. The summed E-state index contributed by atoms with van der Waals surface area (Å²) in [5.74, 6) is -1.14. The molecule has 0 aliphatic rings. The smallest absolute Gasteiger partial charge is 0.348 e. The van der Waals surface area contributed by atoms with Crippen molar-refractivity contribution in [1.29, 1.82) is 0 Å². The van der Waals surface area contributed by atoms with E-state index in [4.69, 9.17) is 4.74 Å². The number of non-ortho nitro benzene ring substituents is 1. The predicted molar refractivity (Wildman–Crippen MR) is 96.5 cm³/mol. The molecule has 1 heterocycles. The molecule has 24 heavy (non-hydrogen) atoms. The van der Waals surface area contributed by atoms with Gasteiger partial charge in [0.25, 0.3) is 11.6 Å².